The minimum absolute atomic E-state index is 0.0224. The normalized spacial score (nSPS) is 12.5. The van der Waals surface area contributed by atoms with Crippen LogP contribution in [0.3, 0.4) is 0 Å². The summed E-state index contributed by atoms with van der Waals surface area (Å²) >= 11 is 0. The van der Waals surface area contributed by atoms with Gasteiger partial charge in [-0.25, -0.2) is 0 Å². The van der Waals surface area contributed by atoms with Crippen LogP contribution in [0.2, 0.25) is 0 Å². The number of aromatic nitrogens is 1. The zero-order valence-electron chi connectivity index (χ0n) is 45.6. The first kappa shape index (κ1) is 50.7. The van der Waals surface area contributed by atoms with Crippen molar-refractivity contribution in [3.8, 4) is 56.3 Å². The van der Waals surface area contributed by atoms with E-state index in [4.69, 9.17) is 14.2 Å². The molecule has 12 rings (SSSR count). The van der Waals surface area contributed by atoms with E-state index >= 15 is 0 Å². The number of para-hydroxylation sites is 2. The van der Waals surface area contributed by atoms with Crippen LogP contribution >= 0.6 is 0 Å². The zero-order valence-corrected chi connectivity index (χ0v) is 45.6. The Kier molecular flexibility index (Phi) is 13.9. The van der Waals surface area contributed by atoms with Crippen molar-refractivity contribution in [2.45, 2.75) is 58.8 Å². The standard InChI is InChI=1S/C73H64N2O4/c1-49-45-60(37-41-62(49)52-17-9-8-10-18-52)78-43-15-6-7-16-44-79-61-38-42-63(50(2)46-61)56-30-40-65-64-39-29-55(51-27-35-59(77-5)36-28-51)47-70(64)75(71(65)48-56)58-33-25-54(26-34-58)72(76)53-23-31-57(32-24-53)74-68-21-13-11-19-66(68)73(3,4)67-20-12-14-22-69(67)74/h8-14,17-42,45-48H,6-7,15-16,43-44H2,1-5H3. The predicted octanol–water partition coefficient (Wildman–Crippen LogP) is 18.8. The fourth-order valence-electron chi connectivity index (χ4n) is 11.7. The van der Waals surface area contributed by atoms with Crippen LogP contribution in [-0.4, -0.2) is 30.7 Å². The van der Waals surface area contributed by atoms with E-state index in [1.165, 1.54) is 27.8 Å². The molecule has 6 nitrogen and oxygen atoms in total. The molecule has 390 valence electrons. The van der Waals surface area contributed by atoms with E-state index < -0.39 is 0 Å². The van der Waals surface area contributed by atoms with Gasteiger partial charge in [0.2, 0.25) is 0 Å². The van der Waals surface area contributed by atoms with Gasteiger partial charge in [-0.2, -0.15) is 0 Å². The van der Waals surface area contributed by atoms with Gasteiger partial charge >= 0.3 is 0 Å². The molecule has 1 aliphatic heterocycles. The highest BCUT2D eigenvalue weighted by Crippen LogP contribution is 2.51. The number of rotatable bonds is 17. The van der Waals surface area contributed by atoms with E-state index in [9.17, 15) is 4.79 Å². The number of carbonyl (C=O) groups is 1. The average Bonchev–Trinajstić information content (AvgIpc) is 4.01. The minimum atomic E-state index is -0.148. The highest BCUT2D eigenvalue weighted by molar-refractivity contribution is 6.12. The number of unbranched alkanes of at least 4 members (excludes halogenated alkanes) is 3. The van der Waals surface area contributed by atoms with E-state index in [0.717, 1.165) is 115 Å². The van der Waals surface area contributed by atoms with E-state index in [-0.39, 0.29) is 11.2 Å². The number of ether oxygens (including phenoxy) is 3. The molecular weight excluding hydrogens is 969 g/mol. The molecule has 1 aliphatic rings. The van der Waals surface area contributed by atoms with Crippen LogP contribution < -0.4 is 19.1 Å². The number of anilines is 3. The van der Waals surface area contributed by atoms with Crippen LogP contribution in [0.25, 0.3) is 60.9 Å². The van der Waals surface area contributed by atoms with Crippen molar-refractivity contribution < 1.29 is 19.0 Å². The number of fused-ring (bicyclic) bond motifs is 5. The summed E-state index contributed by atoms with van der Waals surface area (Å²) in [6.07, 6.45) is 4.16. The Morgan fingerprint density at radius 1 is 0.430 bits per heavy atom. The molecule has 0 amide bonds. The second kappa shape index (κ2) is 21.7. The first-order valence-electron chi connectivity index (χ1n) is 27.6. The Balaban J connectivity index is 0.760. The monoisotopic (exact) mass is 1030 g/mol. The maximum absolute atomic E-state index is 14.3. The third kappa shape index (κ3) is 9.96. The third-order valence-electron chi connectivity index (χ3n) is 16.0. The lowest BCUT2D eigenvalue weighted by molar-refractivity contribution is 0.103. The topological polar surface area (TPSA) is 52.9 Å². The van der Waals surface area contributed by atoms with Gasteiger partial charge in [0.05, 0.1) is 42.7 Å². The van der Waals surface area contributed by atoms with Gasteiger partial charge in [-0.05, 0) is 204 Å². The van der Waals surface area contributed by atoms with E-state index in [1.54, 1.807) is 7.11 Å². The SMILES string of the molecule is COc1ccc(-c2ccc3c4ccc(-c5ccc(OCCCCCCOc6ccc(-c7ccccc7)c(C)c6)cc5C)cc4n(-c4ccc(C(=O)c5ccc(N6c7ccccc7C(C)(C)c7ccccc76)cc5)cc4)c3c2)cc1. The molecule has 10 aromatic carbocycles. The molecule has 79 heavy (non-hydrogen) atoms. The molecule has 0 aliphatic carbocycles. The van der Waals surface area contributed by atoms with Crippen molar-refractivity contribution in [3.63, 3.8) is 0 Å². The Hall–Kier alpha value is -9.13. The molecule has 6 heteroatoms. The molecule has 0 fully saturated rings. The maximum atomic E-state index is 14.3. The molecule has 0 saturated carbocycles. The van der Waals surface area contributed by atoms with Gasteiger partial charge in [-0.1, -0.05) is 129 Å². The van der Waals surface area contributed by atoms with Crippen molar-refractivity contribution >= 4 is 44.7 Å². The molecule has 0 unspecified atom stereocenters. The summed E-state index contributed by atoms with van der Waals surface area (Å²) in [5.74, 6) is 2.61. The Labute approximate surface area is 464 Å². The lowest BCUT2D eigenvalue weighted by atomic mass is 9.73. The molecule has 0 N–H and O–H groups in total. The van der Waals surface area contributed by atoms with Crippen LogP contribution in [0, 0.1) is 13.8 Å². The van der Waals surface area contributed by atoms with Crippen molar-refractivity contribution in [1.82, 2.24) is 4.57 Å². The summed E-state index contributed by atoms with van der Waals surface area (Å²) in [4.78, 5) is 16.6. The minimum Gasteiger partial charge on any atom is -0.497 e. The number of nitrogens with zero attached hydrogens (tertiary/aromatic N) is 2. The zero-order chi connectivity index (χ0) is 54.0. The summed E-state index contributed by atoms with van der Waals surface area (Å²) < 4.78 is 20.3. The maximum Gasteiger partial charge on any atom is 0.193 e. The largest absolute Gasteiger partial charge is 0.497 e. The van der Waals surface area contributed by atoms with E-state index in [2.05, 4.69) is 219 Å². The molecule has 0 bridgehead atoms. The molecule has 1 aromatic heterocycles. The summed E-state index contributed by atoms with van der Waals surface area (Å²) in [6.45, 7) is 10.3. The molecular formula is C73H64N2O4. The number of benzene rings is 10. The van der Waals surface area contributed by atoms with Crippen molar-refractivity contribution in [2.75, 3.05) is 25.2 Å². The molecule has 2 heterocycles. The van der Waals surface area contributed by atoms with Crippen LogP contribution in [0.1, 0.15) is 77.7 Å². The first-order chi connectivity index (χ1) is 38.6. The van der Waals surface area contributed by atoms with Crippen LogP contribution in [0.4, 0.5) is 17.1 Å². The van der Waals surface area contributed by atoms with Gasteiger partial charge in [0.15, 0.2) is 5.78 Å². The lowest BCUT2D eigenvalue weighted by Crippen LogP contribution is -2.30. The summed E-state index contributed by atoms with van der Waals surface area (Å²) in [5, 5.41) is 2.30. The molecule has 0 saturated heterocycles. The van der Waals surface area contributed by atoms with Crippen molar-refractivity contribution in [3.05, 3.63) is 258 Å². The number of hydrogen-bond donors (Lipinski definition) is 0. The van der Waals surface area contributed by atoms with Crippen LogP contribution in [-0.2, 0) is 5.41 Å². The number of ketones is 1. The van der Waals surface area contributed by atoms with Gasteiger partial charge in [-0.3, -0.25) is 4.79 Å². The highest BCUT2D eigenvalue weighted by Gasteiger charge is 2.36. The van der Waals surface area contributed by atoms with Gasteiger partial charge in [0, 0.05) is 38.7 Å². The van der Waals surface area contributed by atoms with Gasteiger partial charge in [0.25, 0.3) is 0 Å². The van der Waals surface area contributed by atoms with Gasteiger partial charge in [-0.15, -0.1) is 0 Å². The number of methoxy groups -OCH3 is 1. The lowest BCUT2D eigenvalue weighted by Gasteiger charge is -2.42. The number of carbonyl (C=O) groups excluding carboxylic acids is 1. The summed E-state index contributed by atoms with van der Waals surface area (Å²) in [6, 6.07) is 78.4. The molecule has 0 spiro atoms. The molecule has 0 radical (unpaired) electrons. The summed E-state index contributed by atoms with van der Waals surface area (Å²) in [7, 11) is 1.69. The van der Waals surface area contributed by atoms with Crippen molar-refractivity contribution in [2.24, 2.45) is 0 Å². The molecule has 0 atom stereocenters. The fraction of sp³-hybridized carbons (Fsp3) is 0.164. The average molecular weight is 1030 g/mol. The van der Waals surface area contributed by atoms with Gasteiger partial charge in [0.1, 0.15) is 17.2 Å². The fourth-order valence-corrected chi connectivity index (χ4v) is 11.7. The quantitative estimate of drug-likeness (QED) is 0.0672. The Morgan fingerprint density at radius 2 is 0.899 bits per heavy atom. The van der Waals surface area contributed by atoms with Crippen LogP contribution in [0.5, 0.6) is 17.2 Å². The first-order valence-corrected chi connectivity index (χ1v) is 27.6. The van der Waals surface area contributed by atoms with Crippen molar-refractivity contribution in [1.29, 1.82) is 0 Å². The van der Waals surface area contributed by atoms with Crippen LogP contribution in [0.15, 0.2) is 224 Å². The smallest absolute Gasteiger partial charge is 0.193 e. The van der Waals surface area contributed by atoms with Gasteiger partial charge < -0.3 is 23.7 Å². The number of hydrogen-bond acceptors (Lipinski definition) is 5. The second-order valence-corrected chi connectivity index (χ2v) is 21.4. The second-order valence-electron chi connectivity index (χ2n) is 21.4. The van der Waals surface area contributed by atoms with E-state index in [1.807, 2.05) is 42.5 Å². The summed E-state index contributed by atoms with van der Waals surface area (Å²) in [5.41, 5.74) is 19.4. The highest BCUT2D eigenvalue weighted by atomic mass is 16.5. The number of aryl methyl sites for hydroxylation is 2. The third-order valence-corrected chi connectivity index (χ3v) is 16.0. The molecule has 11 aromatic rings. The Morgan fingerprint density at radius 3 is 1.44 bits per heavy atom. The Bertz CT molecular complexity index is 3960. The van der Waals surface area contributed by atoms with E-state index in [0.29, 0.717) is 24.3 Å². The predicted molar refractivity (Wildman–Crippen MR) is 326 cm³/mol.